The number of anilines is 1. The first-order chi connectivity index (χ1) is 8.54. The summed E-state index contributed by atoms with van der Waals surface area (Å²) in [5.41, 5.74) is 2.47. The molecule has 18 heavy (non-hydrogen) atoms. The van der Waals surface area contributed by atoms with E-state index in [4.69, 9.17) is 5.26 Å². The summed E-state index contributed by atoms with van der Waals surface area (Å²) in [4.78, 5) is 2.17. The molecule has 1 atom stereocenters. The summed E-state index contributed by atoms with van der Waals surface area (Å²) in [5.74, 6) is 0. The number of nitriles is 1. The summed E-state index contributed by atoms with van der Waals surface area (Å²) in [7, 11) is 2.03. The van der Waals surface area contributed by atoms with Crippen LogP contribution in [0.4, 0.5) is 5.69 Å². The van der Waals surface area contributed by atoms with Gasteiger partial charge in [-0.2, -0.15) is 5.26 Å². The summed E-state index contributed by atoms with van der Waals surface area (Å²) in [6, 6.07) is 8.04. The minimum atomic E-state index is -0.524. The van der Waals surface area contributed by atoms with Crippen molar-refractivity contribution in [2.75, 3.05) is 11.9 Å². The van der Waals surface area contributed by atoms with Gasteiger partial charge in [-0.05, 0) is 31.9 Å². The van der Waals surface area contributed by atoms with E-state index in [9.17, 15) is 5.11 Å². The number of benzene rings is 1. The third-order valence-electron chi connectivity index (χ3n) is 3.48. The highest BCUT2D eigenvalue weighted by atomic mass is 16.3. The van der Waals surface area contributed by atoms with E-state index in [1.807, 2.05) is 19.2 Å². The van der Waals surface area contributed by atoms with Gasteiger partial charge in [0.15, 0.2) is 0 Å². The van der Waals surface area contributed by atoms with Gasteiger partial charge in [0.1, 0.15) is 0 Å². The Morgan fingerprint density at radius 2 is 1.94 bits per heavy atom. The molecule has 98 valence electrons. The first-order valence-electron chi connectivity index (χ1n) is 6.50. The first-order valence-corrected chi connectivity index (χ1v) is 6.50. The second kappa shape index (κ2) is 6.42. The third-order valence-corrected chi connectivity index (χ3v) is 3.48. The fourth-order valence-corrected chi connectivity index (χ4v) is 2.31. The maximum absolute atomic E-state index is 9.83. The lowest BCUT2D eigenvalue weighted by molar-refractivity contribution is 0.199. The standard InChI is InChI=1S/C15H22N2O/c1-5-13(6-2)17(4)15-9-12(10-16)7-8-14(15)11(3)18/h7-9,11,13,18H,5-6H2,1-4H3/t11-/m0/s1. The predicted molar refractivity (Wildman–Crippen MR) is 74.6 cm³/mol. The number of aliphatic hydroxyl groups excluding tert-OH is 1. The van der Waals surface area contributed by atoms with Crippen LogP contribution in [0.2, 0.25) is 0 Å². The topological polar surface area (TPSA) is 47.3 Å². The molecule has 0 bridgehead atoms. The van der Waals surface area contributed by atoms with Gasteiger partial charge in [-0.1, -0.05) is 19.9 Å². The molecule has 0 aromatic heterocycles. The summed E-state index contributed by atoms with van der Waals surface area (Å²) >= 11 is 0. The van der Waals surface area contributed by atoms with Gasteiger partial charge in [0.2, 0.25) is 0 Å². The number of hydrogen-bond acceptors (Lipinski definition) is 3. The zero-order chi connectivity index (χ0) is 13.7. The lowest BCUT2D eigenvalue weighted by Crippen LogP contribution is -2.31. The zero-order valence-electron chi connectivity index (χ0n) is 11.6. The molecule has 1 N–H and O–H groups in total. The monoisotopic (exact) mass is 246 g/mol. The second-order valence-corrected chi connectivity index (χ2v) is 4.64. The molecule has 0 aliphatic heterocycles. The molecule has 3 heteroatoms. The fraction of sp³-hybridized carbons (Fsp3) is 0.533. The van der Waals surface area contributed by atoms with E-state index in [0.29, 0.717) is 11.6 Å². The molecule has 0 unspecified atom stereocenters. The van der Waals surface area contributed by atoms with Crippen molar-refractivity contribution < 1.29 is 5.11 Å². The molecule has 0 fully saturated rings. The van der Waals surface area contributed by atoms with Crippen LogP contribution in [0, 0.1) is 11.3 Å². The molecule has 1 rings (SSSR count). The lowest BCUT2D eigenvalue weighted by atomic mass is 10.0. The van der Waals surface area contributed by atoms with Gasteiger partial charge >= 0.3 is 0 Å². The van der Waals surface area contributed by atoms with E-state index in [1.165, 1.54) is 0 Å². The Hall–Kier alpha value is -1.53. The molecule has 1 aromatic carbocycles. The minimum absolute atomic E-state index is 0.427. The van der Waals surface area contributed by atoms with Gasteiger partial charge in [-0.15, -0.1) is 0 Å². The van der Waals surface area contributed by atoms with Crippen molar-refractivity contribution in [3.8, 4) is 6.07 Å². The molecular formula is C15H22N2O. The van der Waals surface area contributed by atoms with E-state index in [0.717, 1.165) is 24.1 Å². The van der Waals surface area contributed by atoms with Gasteiger partial charge < -0.3 is 10.0 Å². The molecule has 0 aliphatic rings. The number of rotatable bonds is 5. The second-order valence-electron chi connectivity index (χ2n) is 4.64. The van der Waals surface area contributed by atoms with E-state index in [2.05, 4.69) is 24.8 Å². The van der Waals surface area contributed by atoms with Crippen LogP contribution in [0.15, 0.2) is 18.2 Å². The van der Waals surface area contributed by atoms with Crippen LogP contribution in [0.3, 0.4) is 0 Å². The lowest BCUT2D eigenvalue weighted by Gasteiger charge is -2.31. The van der Waals surface area contributed by atoms with Gasteiger partial charge in [-0.25, -0.2) is 0 Å². The average Bonchev–Trinajstić information content (AvgIpc) is 2.39. The Balaban J connectivity index is 3.22. The summed E-state index contributed by atoms with van der Waals surface area (Å²) in [6.07, 6.45) is 1.57. The van der Waals surface area contributed by atoms with E-state index in [1.54, 1.807) is 13.0 Å². The molecule has 0 heterocycles. The van der Waals surface area contributed by atoms with Gasteiger partial charge in [0, 0.05) is 24.3 Å². The molecular weight excluding hydrogens is 224 g/mol. The summed E-state index contributed by atoms with van der Waals surface area (Å²) in [6.45, 7) is 6.06. The van der Waals surface area contributed by atoms with Crippen LogP contribution < -0.4 is 4.90 Å². The van der Waals surface area contributed by atoms with Crippen molar-refractivity contribution in [2.45, 2.75) is 45.8 Å². The van der Waals surface area contributed by atoms with Crippen molar-refractivity contribution >= 4 is 5.69 Å². The number of hydrogen-bond donors (Lipinski definition) is 1. The Labute approximate surface area is 110 Å². The van der Waals surface area contributed by atoms with Crippen molar-refractivity contribution in [3.63, 3.8) is 0 Å². The molecule has 1 aromatic rings. The van der Waals surface area contributed by atoms with Gasteiger partial charge in [-0.3, -0.25) is 0 Å². The highest BCUT2D eigenvalue weighted by molar-refractivity contribution is 5.58. The predicted octanol–water partition coefficient (Wildman–Crippen LogP) is 3.24. The number of nitrogens with zero attached hydrogens (tertiary/aromatic N) is 2. The molecule has 0 saturated heterocycles. The van der Waals surface area contributed by atoms with Crippen LogP contribution in [0.5, 0.6) is 0 Å². The average molecular weight is 246 g/mol. The smallest absolute Gasteiger partial charge is 0.0992 e. The fourth-order valence-electron chi connectivity index (χ4n) is 2.31. The van der Waals surface area contributed by atoms with Crippen LogP contribution >= 0.6 is 0 Å². The van der Waals surface area contributed by atoms with E-state index < -0.39 is 6.10 Å². The molecule has 0 aliphatic carbocycles. The molecule has 0 spiro atoms. The number of aliphatic hydroxyl groups is 1. The van der Waals surface area contributed by atoms with Crippen molar-refractivity contribution in [1.29, 1.82) is 5.26 Å². The third kappa shape index (κ3) is 3.02. The van der Waals surface area contributed by atoms with Crippen molar-refractivity contribution in [3.05, 3.63) is 29.3 Å². The van der Waals surface area contributed by atoms with Crippen LogP contribution in [-0.2, 0) is 0 Å². The quantitative estimate of drug-likeness (QED) is 0.867. The van der Waals surface area contributed by atoms with Gasteiger partial charge in [0.05, 0.1) is 17.7 Å². The Bertz CT molecular complexity index is 431. The highest BCUT2D eigenvalue weighted by Crippen LogP contribution is 2.29. The molecule has 0 radical (unpaired) electrons. The normalized spacial score (nSPS) is 12.3. The minimum Gasteiger partial charge on any atom is -0.389 e. The summed E-state index contributed by atoms with van der Waals surface area (Å²) < 4.78 is 0. The first kappa shape index (κ1) is 14.5. The van der Waals surface area contributed by atoms with Crippen LogP contribution in [-0.4, -0.2) is 18.2 Å². The molecule has 3 nitrogen and oxygen atoms in total. The van der Waals surface area contributed by atoms with E-state index >= 15 is 0 Å². The van der Waals surface area contributed by atoms with E-state index in [-0.39, 0.29) is 0 Å². The van der Waals surface area contributed by atoms with Crippen LogP contribution in [0.1, 0.15) is 50.8 Å². The maximum Gasteiger partial charge on any atom is 0.0992 e. The van der Waals surface area contributed by atoms with Crippen LogP contribution in [0.25, 0.3) is 0 Å². The highest BCUT2D eigenvalue weighted by Gasteiger charge is 2.17. The Kier molecular flexibility index (Phi) is 5.18. The zero-order valence-corrected chi connectivity index (χ0v) is 11.6. The largest absolute Gasteiger partial charge is 0.389 e. The van der Waals surface area contributed by atoms with Crippen molar-refractivity contribution in [2.24, 2.45) is 0 Å². The van der Waals surface area contributed by atoms with Crippen molar-refractivity contribution in [1.82, 2.24) is 0 Å². The molecule has 0 amide bonds. The maximum atomic E-state index is 9.83. The van der Waals surface area contributed by atoms with Gasteiger partial charge in [0.25, 0.3) is 0 Å². The Morgan fingerprint density at radius 1 is 1.33 bits per heavy atom. The Morgan fingerprint density at radius 3 is 2.39 bits per heavy atom. The molecule has 0 saturated carbocycles. The SMILES string of the molecule is CCC(CC)N(C)c1cc(C#N)ccc1[C@H](C)O. The summed E-state index contributed by atoms with van der Waals surface area (Å²) in [5, 5.41) is 18.8.